The first-order valence-corrected chi connectivity index (χ1v) is 22.9. The van der Waals surface area contributed by atoms with E-state index in [-0.39, 0.29) is 0 Å². The highest BCUT2D eigenvalue weighted by atomic mass is 15.1. The number of anilines is 3. The largest absolute Gasteiger partial charge is 0.310 e. The lowest BCUT2D eigenvalue weighted by Gasteiger charge is -2.35. The van der Waals surface area contributed by atoms with Gasteiger partial charge >= 0.3 is 0 Å². The zero-order valence-corrected chi connectivity index (χ0v) is 36.3. The van der Waals surface area contributed by atoms with E-state index >= 15 is 0 Å². The molecule has 0 saturated carbocycles. The molecule has 0 aromatic heterocycles. The van der Waals surface area contributed by atoms with Gasteiger partial charge in [0, 0.05) is 17.1 Å². The van der Waals surface area contributed by atoms with Gasteiger partial charge in [-0.1, -0.05) is 212 Å². The number of hydrogen-bond acceptors (Lipinski definition) is 1. The van der Waals surface area contributed by atoms with Gasteiger partial charge in [0.2, 0.25) is 0 Å². The summed E-state index contributed by atoms with van der Waals surface area (Å²) in [5.41, 5.74) is 15.2. The third-order valence-corrected chi connectivity index (χ3v) is 14.1. The van der Waals surface area contributed by atoms with Crippen LogP contribution in [-0.4, -0.2) is 0 Å². The summed E-state index contributed by atoms with van der Waals surface area (Å²) in [6, 6.07) is 96.5. The van der Waals surface area contributed by atoms with Crippen LogP contribution in [0.4, 0.5) is 17.1 Å². The number of benzene rings is 12. The molecule has 12 aromatic rings. The van der Waals surface area contributed by atoms with Gasteiger partial charge in [0.25, 0.3) is 0 Å². The minimum absolute atomic E-state index is 0.510. The summed E-state index contributed by atoms with van der Waals surface area (Å²) in [4.78, 5) is 2.43. The van der Waals surface area contributed by atoms with E-state index in [1.807, 2.05) is 0 Å². The molecular weight excluding hydrogens is 795 g/mol. The highest BCUT2D eigenvalue weighted by Crippen LogP contribution is 2.57. The van der Waals surface area contributed by atoms with Crippen molar-refractivity contribution in [1.82, 2.24) is 0 Å². The Morgan fingerprint density at radius 3 is 1.17 bits per heavy atom. The second-order valence-corrected chi connectivity index (χ2v) is 17.6. The zero-order chi connectivity index (χ0) is 43.6. The van der Waals surface area contributed by atoms with Crippen LogP contribution in [0.1, 0.15) is 22.3 Å². The van der Waals surface area contributed by atoms with Gasteiger partial charge in [-0.2, -0.15) is 0 Å². The van der Waals surface area contributed by atoms with E-state index in [2.05, 4.69) is 266 Å². The molecule has 1 aliphatic carbocycles. The molecule has 308 valence electrons. The molecule has 13 rings (SSSR count). The third kappa shape index (κ3) is 6.01. The van der Waals surface area contributed by atoms with Crippen LogP contribution in [0.15, 0.2) is 261 Å². The summed E-state index contributed by atoms with van der Waals surface area (Å²) in [6.45, 7) is 0. The molecule has 0 bridgehead atoms. The van der Waals surface area contributed by atoms with Crippen molar-refractivity contribution in [2.24, 2.45) is 0 Å². The molecule has 0 heterocycles. The highest BCUT2D eigenvalue weighted by molar-refractivity contribution is 6.10. The van der Waals surface area contributed by atoms with E-state index < -0.39 is 5.41 Å². The van der Waals surface area contributed by atoms with Crippen molar-refractivity contribution in [2.45, 2.75) is 5.41 Å². The number of hydrogen-bond donors (Lipinski definition) is 0. The molecule has 0 fully saturated rings. The van der Waals surface area contributed by atoms with Crippen LogP contribution in [-0.2, 0) is 5.41 Å². The van der Waals surface area contributed by atoms with Crippen molar-refractivity contribution in [3.63, 3.8) is 0 Å². The van der Waals surface area contributed by atoms with Crippen molar-refractivity contribution >= 4 is 60.2 Å². The van der Waals surface area contributed by atoms with Crippen molar-refractivity contribution in [3.05, 3.63) is 283 Å². The van der Waals surface area contributed by atoms with E-state index in [9.17, 15) is 0 Å². The van der Waals surface area contributed by atoms with Crippen LogP contribution in [0.25, 0.3) is 76.5 Å². The zero-order valence-electron chi connectivity index (χ0n) is 36.3. The Balaban J connectivity index is 0.973. The first-order valence-electron chi connectivity index (χ1n) is 22.9. The molecule has 0 saturated heterocycles. The fourth-order valence-corrected chi connectivity index (χ4v) is 11.0. The van der Waals surface area contributed by atoms with Gasteiger partial charge in [-0.3, -0.25) is 0 Å². The van der Waals surface area contributed by atoms with Crippen LogP contribution in [0.2, 0.25) is 0 Å². The van der Waals surface area contributed by atoms with Crippen molar-refractivity contribution in [3.8, 4) is 33.4 Å². The summed E-state index contributed by atoms with van der Waals surface area (Å²) in [6.07, 6.45) is 0. The van der Waals surface area contributed by atoms with E-state index in [0.717, 1.165) is 17.1 Å². The average Bonchev–Trinajstić information content (AvgIpc) is 3.69. The summed E-state index contributed by atoms with van der Waals surface area (Å²) < 4.78 is 0. The third-order valence-electron chi connectivity index (χ3n) is 14.1. The van der Waals surface area contributed by atoms with Crippen LogP contribution < -0.4 is 4.90 Å². The Morgan fingerprint density at radius 1 is 0.242 bits per heavy atom. The second-order valence-electron chi connectivity index (χ2n) is 17.6. The monoisotopic (exact) mass is 837 g/mol. The second kappa shape index (κ2) is 15.3. The van der Waals surface area contributed by atoms with Gasteiger partial charge < -0.3 is 4.90 Å². The molecule has 0 amide bonds. The first kappa shape index (κ1) is 38.0. The normalized spacial score (nSPS) is 12.7. The lowest BCUT2D eigenvalue weighted by Crippen LogP contribution is -2.28. The fraction of sp³-hybridized carbons (Fsp3) is 0.0154. The van der Waals surface area contributed by atoms with Crippen molar-refractivity contribution in [1.29, 1.82) is 0 Å². The van der Waals surface area contributed by atoms with Gasteiger partial charge in [0.15, 0.2) is 0 Å². The number of rotatable bonds is 7. The van der Waals surface area contributed by atoms with Gasteiger partial charge in [-0.15, -0.1) is 0 Å². The van der Waals surface area contributed by atoms with Gasteiger partial charge in [0.1, 0.15) is 0 Å². The molecule has 0 atom stereocenters. The molecular formula is C65H43N. The van der Waals surface area contributed by atoms with E-state index in [1.165, 1.54) is 98.7 Å². The van der Waals surface area contributed by atoms with Crippen LogP contribution >= 0.6 is 0 Å². The first-order chi connectivity index (χ1) is 32.7. The topological polar surface area (TPSA) is 3.24 Å². The van der Waals surface area contributed by atoms with E-state index in [4.69, 9.17) is 0 Å². The molecule has 0 N–H and O–H groups in total. The Kier molecular flexibility index (Phi) is 8.82. The summed E-state index contributed by atoms with van der Waals surface area (Å²) in [7, 11) is 0. The lowest BCUT2D eigenvalue weighted by molar-refractivity contribution is 0.768. The maximum Gasteiger partial charge on any atom is 0.0714 e. The molecule has 66 heavy (non-hydrogen) atoms. The minimum atomic E-state index is -0.510. The standard InChI is InChI=1S/C65H43N/c1-3-15-52(16-4-1)65(53-17-5-2-6-18-53)63-22-12-11-21-59(63)60-40-39-56(43-64(60)65)66(54-35-31-44(32-36-54)50-29-27-48-25-23-46-13-7-9-19-57(46)61(48)41-50)55-37-33-45(34-38-55)51-30-28-49-26-24-47-14-8-10-20-58(47)62(49)42-51/h1-43H. The quantitative estimate of drug-likeness (QED) is 0.145. The Hall–Kier alpha value is -8.52. The fourth-order valence-electron chi connectivity index (χ4n) is 11.0. The molecule has 1 heteroatoms. The highest BCUT2D eigenvalue weighted by Gasteiger charge is 2.46. The van der Waals surface area contributed by atoms with Crippen LogP contribution in [0, 0.1) is 0 Å². The summed E-state index contributed by atoms with van der Waals surface area (Å²) in [5, 5.41) is 10.1. The maximum absolute atomic E-state index is 2.46. The van der Waals surface area contributed by atoms with Crippen LogP contribution in [0.5, 0.6) is 0 Å². The van der Waals surface area contributed by atoms with Gasteiger partial charge in [0.05, 0.1) is 5.41 Å². The smallest absolute Gasteiger partial charge is 0.0714 e. The Bertz CT molecular complexity index is 3590. The minimum Gasteiger partial charge on any atom is -0.310 e. The van der Waals surface area contributed by atoms with Gasteiger partial charge in [-0.25, -0.2) is 0 Å². The van der Waals surface area contributed by atoms with Crippen molar-refractivity contribution in [2.75, 3.05) is 4.90 Å². The van der Waals surface area contributed by atoms with E-state index in [1.54, 1.807) is 0 Å². The SMILES string of the molecule is c1ccc(C2(c3ccccc3)c3ccccc3-c3ccc(N(c4ccc(-c5ccc6ccc7ccccc7c6c5)cc4)c4ccc(-c5ccc6ccc7ccccc7c6c5)cc4)cc32)cc1. The van der Waals surface area contributed by atoms with Crippen molar-refractivity contribution < 1.29 is 0 Å². The number of nitrogens with zero attached hydrogens (tertiary/aromatic N) is 1. The predicted octanol–water partition coefficient (Wildman–Crippen LogP) is 17.5. The van der Waals surface area contributed by atoms with Gasteiger partial charge in [-0.05, 0) is 147 Å². The molecule has 0 spiro atoms. The number of fused-ring (bicyclic) bond motifs is 9. The van der Waals surface area contributed by atoms with E-state index in [0.29, 0.717) is 0 Å². The Morgan fingerprint density at radius 2 is 0.636 bits per heavy atom. The molecule has 0 unspecified atom stereocenters. The summed E-state index contributed by atoms with van der Waals surface area (Å²) >= 11 is 0. The molecule has 1 nitrogen and oxygen atoms in total. The Labute approximate surface area is 385 Å². The molecule has 1 aliphatic rings. The molecule has 0 radical (unpaired) electrons. The average molecular weight is 838 g/mol. The lowest BCUT2D eigenvalue weighted by atomic mass is 9.67. The summed E-state index contributed by atoms with van der Waals surface area (Å²) in [5.74, 6) is 0. The maximum atomic E-state index is 2.46. The molecule has 0 aliphatic heterocycles. The predicted molar refractivity (Wildman–Crippen MR) is 279 cm³/mol. The van der Waals surface area contributed by atoms with Crippen LogP contribution in [0.3, 0.4) is 0 Å². The molecule has 12 aromatic carbocycles.